The van der Waals surface area contributed by atoms with Crippen LogP contribution in [0.25, 0.3) is 0 Å². The SMILES string of the molecule is CCN(OC)C(=O)c1ccc2c(c1)CN(C1CCC(=O)NC1=O)C2=O. The minimum atomic E-state index is -0.664. The lowest BCUT2D eigenvalue weighted by Gasteiger charge is -2.29. The number of piperidine rings is 1. The molecule has 1 aromatic rings. The molecule has 2 aliphatic heterocycles. The molecule has 0 radical (unpaired) electrons. The van der Waals surface area contributed by atoms with Gasteiger partial charge in [-0.25, -0.2) is 5.06 Å². The molecule has 8 heteroatoms. The average molecular weight is 345 g/mol. The molecule has 0 spiro atoms. The third kappa shape index (κ3) is 3.00. The van der Waals surface area contributed by atoms with Gasteiger partial charge in [0.15, 0.2) is 0 Å². The van der Waals surface area contributed by atoms with Crippen LogP contribution in [0.2, 0.25) is 0 Å². The molecular formula is C17H19N3O5. The van der Waals surface area contributed by atoms with Crippen molar-refractivity contribution < 1.29 is 24.0 Å². The van der Waals surface area contributed by atoms with E-state index in [0.717, 1.165) is 0 Å². The summed E-state index contributed by atoms with van der Waals surface area (Å²) in [6, 6.07) is 4.17. The number of carbonyl (C=O) groups excluding carboxylic acids is 4. The van der Waals surface area contributed by atoms with E-state index >= 15 is 0 Å². The zero-order valence-electron chi connectivity index (χ0n) is 14.1. The summed E-state index contributed by atoms with van der Waals surface area (Å²) in [6.07, 6.45) is 0.517. The van der Waals surface area contributed by atoms with Crippen molar-refractivity contribution in [2.75, 3.05) is 13.7 Å². The molecular weight excluding hydrogens is 326 g/mol. The normalized spacial score (nSPS) is 19.7. The largest absolute Gasteiger partial charge is 0.322 e. The van der Waals surface area contributed by atoms with Gasteiger partial charge in [0.05, 0.1) is 7.11 Å². The van der Waals surface area contributed by atoms with Crippen LogP contribution in [0.5, 0.6) is 0 Å². The fraction of sp³-hybridized carbons (Fsp3) is 0.412. The molecule has 132 valence electrons. The van der Waals surface area contributed by atoms with E-state index in [9.17, 15) is 19.2 Å². The van der Waals surface area contributed by atoms with E-state index in [1.165, 1.54) is 17.1 Å². The topological polar surface area (TPSA) is 96.0 Å². The number of hydroxylamine groups is 2. The molecule has 1 N–H and O–H groups in total. The van der Waals surface area contributed by atoms with Crippen molar-refractivity contribution in [1.82, 2.24) is 15.3 Å². The third-order valence-corrected chi connectivity index (χ3v) is 4.50. The van der Waals surface area contributed by atoms with E-state index in [0.29, 0.717) is 29.7 Å². The van der Waals surface area contributed by atoms with E-state index in [4.69, 9.17) is 4.84 Å². The highest BCUT2D eigenvalue weighted by Gasteiger charge is 2.39. The Morgan fingerprint density at radius 3 is 2.76 bits per heavy atom. The lowest BCUT2D eigenvalue weighted by Crippen LogP contribution is -2.52. The van der Waals surface area contributed by atoms with E-state index in [-0.39, 0.29) is 30.7 Å². The van der Waals surface area contributed by atoms with E-state index in [2.05, 4.69) is 5.32 Å². The van der Waals surface area contributed by atoms with Crippen molar-refractivity contribution in [2.45, 2.75) is 32.4 Å². The zero-order chi connectivity index (χ0) is 18.1. The standard InChI is InChI=1S/C17H19N3O5/c1-3-20(25-2)16(23)10-4-5-12-11(8-10)9-19(17(12)24)13-6-7-14(21)18-15(13)22/h4-5,8,13H,3,6-7,9H2,1-2H3,(H,18,21,22). The first-order valence-corrected chi connectivity index (χ1v) is 8.09. The van der Waals surface area contributed by atoms with Crippen LogP contribution in [0.15, 0.2) is 18.2 Å². The summed E-state index contributed by atoms with van der Waals surface area (Å²) < 4.78 is 0. The lowest BCUT2D eigenvalue weighted by molar-refractivity contribution is -0.136. The summed E-state index contributed by atoms with van der Waals surface area (Å²) >= 11 is 0. The molecule has 4 amide bonds. The van der Waals surface area contributed by atoms with Gasteiger partial charge in [0.25, 0.3) is 11.8 Å². The minimum Gasteiger partial charge on any atom is -0.322 e. The van der Waals surface area contributed by atoms with Crippen molar-refractivity contribution in [3.05, 3.63) is 34.9 Å². The van der Waals surface area contributed by atoms with Gasteiger partial charge in [0, 0.05) is 30.6 Å². The number of benzene rings is 1. The number of nitrogens with zero attached hydrogens (tertiary/aromatic N) is 2. The number of amides is 4. The number of imide groups is 1. The maximum atomic E-state index is 12.6. The minimum absolute atomic E-state index is 0.208. The van der Waals surface area contributed by atoms with Crippen LogP contribution in [0.3, 0.4) is 0 Å². The molecule has 0 bridgehead atoms. The molecule has 2 aliphatic rings. The van der Waals surface area contributed by atoms with Gasteiger partial charge in [0.2, 0.25) is 11.8 Å². The highest BCUT2D eigenvalue weighted by molar-refractivity contribution is 6.06. The molecule has 0 aromatic heterocycles. The van der Waals surface area contributed by atoms with Crippen molar-refractivity contribution in [1.29, 1.82) is 0 Å². The monoisotopic (exact) mass is 345 g/mol. The molecule has 1 fully saturated rings. The first-order chi connectivity index (χ1) is 12.0. The van der Waals surface area contributed by atoms with Crippen molar-refractivity contribution in [3.8, 4) is 0 Å². The van der Waals surface area contributed by atoms with Crippen molar-refractivity contribution in [2.24, 2.45) is 0 Å². The van der Waals surface area contributed by atoms with Crippen LogP contribution >= 0.6 is 0 Å². The van der Waals surface area contributed by atoms with E-state index in [1.807, 2.05) is 0 Å². The van der Waals surface area contributed by atoms with Gasteiger partial charge in [-0.05, 0) is 37.1 Å². The first kappa shape index (κ1) is 17.1. The Labute approximate surface area is 144 Å². The van der Waals surface area contributed by atoms with Crippen LogP contribution in [0.1, 0.15) is 46.0 Å². The van der Waals surface area contributed by atoms with Crippen LogP contribution in [0, 0.1) is 0 Å². The number of carbonyl (C=O) groups is 4. The second-order valence-corrected chi connectivity index (χ2v) is 5.95. The smallest absolute Gasteiger partial charge is 0.277 e. The third-order valence-electron chi connectivity index (χ3n) is 4.50. The molecule has 8 nitrogen and oxygen atoms in total. The van der Waals surface area contributed by atoms with Gasteiger partial charge < -0.3 is 4.90 Å². The molecule has 0 saturated carbocycles. The fourth-order valence-corrected chi connectivity index (χ4v) is 3.21. The summed E-state index contributed by atoms with van der Waals surface area (Å²) in [7, 11) is 1.42. The summed E-state index contributed by atoms with van der Waals surface area (Å²) in [4.78, 5) is 54.7. The van der Waals surface area contributed by atoms with Gasteiger partial charge in [-0.2, -0.15) is 0 Å². The molecule has 0 aliphatic carbocycles. The van der Waals surface area contributed by atoms with Gasteiger partial charge in [0.1, 0.15) is 6.04 Å². The number of hydrogen-bond donors (Lipinski definition) is 1. The Kier molecular flexibility index (Phi) is 4.54. The lowest BCUT2D eigenvalue weighted by atomic mass is 10.0. The van der Waals surface area contributed by atoms with Gasteiger partial charge in [-0.15, -0.1) is 0 Å². The number of nitrogens with one attached hydrogen (secondary N) is 1. The Hall–Kier alpha value is -2.74. The molecule has 1 saturated heterocycles. The second-order valence-electron chi connectivity index (χ2n) is 5.95. The van der Waals surface area contributed by atoms with Crippen LogP contribution in [0.4, 0.5) is 0 Å². The molecule has 25 heavy (non-hydrogen) atoms. The molecule has 1 unspecified atom stereocenters. The van der Waals surface area contributed by atoms with E-state index in [1.54, 1.807) is 25.1 Å². The summed E-state index contributed by atoms with van der Waals surface area (Å²) in [5.41, 5.74) is 1.58. The molecule has 3 rings (SSSR count). The Morgan fingerprint density at radius 1 is 1.36 bits per heavy atom. The van der Waals surface area contributed by atoms with Crippen molar-refractivity contribution >= 4 is 23.6 Å². The maximum absolute atomic E-state index is 12.6. The summed E-state index contributed by atoms with van der Waals surface area (Å²) in [5, 5.41) is 3.48. The van der Waals surface area contributed by atoms with Gasteiger partial charge >= 0.3 is 0 Å². The second kappa shape index (κ2) is 6.64. The van der Waals surface area contributed by atoms with Gasteiger partial charge in [-0.1, -0.05) is 0 Å². The Balaban J connectivity index is 1.83. The fourth-order valence-electron chi connectivity index (χ4n) is 3.21. The highest BCUT2D eigenvalue weighted by atomic mass is 16.7. The average Bonchev–Trinajstić information content (AvgIpc) is 2.92. The molecule has 1 aromatic carbocycles. The summed E-state index contributed by atoms with van der Waals surface area (Å²) in [5.74, 6) is -1.33. The number of hydrogen-bond acceptors (Lipinski definition) is 5. The molecule has 1 atom stereocenters. The van der Waals surface area contributed by atoms with Crippen LogP contribution in [-0.4, -0.2) is 53.3 Å². The zero-order valence-corrected chi connectivity index (χ0v) is 14.1. The predicted molar refractivity (Wildman–Crippen MR) is 86.2 cm³/mol. The van der Waals surface area contributed by atoms with E-state index < -0.39 is 11.9 Å². The van der Waals surface area contributed by atoms with Gasteiger partial charge in [-0.3, -0.25) is 29.3 Å². The van der Waals surface area contributed by atoms with Crippen LogP contribution < -0.4 is 5.32 Å². The quantitative estimate of drug-likeness (QED) is 0.632. The number of rotatable bonds is 4. The first-order valence-electron chi connectivity index (χ1n) is 8.09. The maximum Gasteiger partial charge on any atom is 0.277 e. The van der Waals surface area contributed by atoms with Crippen molar-refractivity contribution in [3.63, 3.8) is 0 Å². The Morgan fingerprint density at radius 2 is 2.12 bits per heavy atom. The predicted octanol–water partition coefficient (Wildman–Crippen LogP) is 0.471. The number of fused-ring (bicyclic) bond motifs is 1. The summed E-state index contributed by atoms with van der Waals surface area (Å²) in [6.45, 7) is 2.43. The highest BCUT2D eigenvalue weighted by Crippen LogP contribution is 2.28. The Bertz CT molecular complexity index is 757. The van der Waals surface area contributed by atoms with Crippen LogP contribution in [-0.2, 0) is 21.0 Å². The molecule has 2 heterocycles.